The van der Waals surface area contributed by atoms with Crippen LogP contribution >= 0.6 is 0 Å². The fraction of sp³-hybridized carbons (Fsp3) is 0.0789. The second-order valence-electron chi connectivity index (χ2n) is 11.1. The maximum atomic E-state index is 4.62. The second kappa shape index (κ2) is 16.4. The number of hydrogen-bond donors (Lipinski definition) is 0. The molecule has 4 aromatic carbocycles. The minimum atomic E-state index is -1.23. The Bertz CT molecular complexity index is 1970. The molecule has 3 nitrogen and oxygen atoms in total. The normalized spacial score (nSPS) is 10.5. The topological polar surface area (TPSA) is 38.7 Å². The molecule has 45 heavy (non-hydrogen) atoms. The van der Waals surface area contributed by atoms with Gasteiger partial charge in [0.15, 0.2) is 0 Å². The quantitative estimate of drug-likeness (QED) is 0.102. The van der Waals surface area contributed by atoms with E-state index in [0.717, 1.165) is 49.9 Å². The first kappa shape index (κ1) is 36.4. The number of aromatic nitrogens is 3. The average molecular weight is 848 g/mol. The van der Waals surface area contributed by atoms with Gasteiger partial charge < -0.3 is 21.0 Å². The predicted molar refractivity (Wildman–Crippen MR) is 182 cm³/mol. The fourth-order valence-corrected chi connectivity index (χ4v) is 5.77. The first-order valence-electron chi connectivity index (χ1n) is 14.0. The third-order valence-electron chi connectivity index (χ3n) is 7.08. The van der Waals surface area contributed by atoms with Crippen molar-refractivity contribution in [3.8, 4) is 33.6 Å². The Kier molecular flexibility index (Phi) is 13.3. The van der Waals surface area contributed by atoms with Gasteiger partial charge in [0.1, 0.15) is 0 Å². The first-order valence-corrected chi connectivity index (χ1v) is 17.5. The van der Waals surface area contributed by atoms with Gasteiger partial charge in [0.25, 0.3) is 0 Å². The number of pyridine rings is 3. The summed E-state index contributed by atoms with van der Waals surface area (Å²) in [5, 5.41) is 4.82. The van der Waals surface area contributed by atoms with E-state index in [-0.39, 0.29) is 61.2 Å². The van der Waals surface area contributed by atoms with Gasteiger partial charge >= 0.3 is 0 Å². The van der Waals surface area contributed by atoms with Crippen molar-refractivity contribution in [3.05, 3.63) is 146 Å². The summed E-state index contributed by atoms with van der Waals surface area (Å²) in [7, 11) is -1.23. The SMILES string of the molecule is C[Si](C)(C)c1ccc(-c2[c-]cccc2)nc1.[B].[Ir].[Y].[c-]1ccc(-c2[c-]nc3c(ccc4ccccc43)c2)[c-]c1-c1ccccn1. The van der Waals surface area contributed by atoms with Gasteiger partial charge in [-0.15, -0.1) is 48.0 Å². The van der Waals surface area contributed by atoms with E-state index in [1.165, 1.54) is 10.6 Å². The van der Waals surface area contributed by atoms with Crippen LogP contribution in [0.15, 0.2) is 122 Å². The Balaban J connectivity index is 0.000000254. The zero-order valence-electron chi connectivity index (χ0n) is 25.4. The van der Waals surface area contributed by atoms with Crippen molar-refractivity contribution in [2.45, 2.75) is 19.6 Å². The van der Waals surface area contributed by atoms with Gasteiger partial charge in [0.05, 0.1) is 8.07 Å². The van der Waals surface area contributed by atoms with Gasteiger partial charge in [0, 0.05) is 73.6 Å². The summed E-state index contributed by atoms with van der Waals surface area (Å²) >= 11 is 0. The van der Waals surface area contributed by atoms with Crippen molar-refractivity contribution in [2.24, 2.45) is 0 Å². The van der Waals surface area contributed by atoms with Crippen LogP contribution in [0, 0.1) is 24.4 Å². The van der Waals surface area contributed by atoms with Gasteiger partial charge in [0.2, 0.25) is 0 Å². The molecule has 3 aromatic heterocycles. The summed E-state index contributed by atoms with van der Waals surface area (Å²) < 4.78 is 0. The van der Waals surface area contributed by atoms with Gasteiger partial charge in [-0.05, 0) is 39.4 Å². The summed E-state index contributed by atoms with van der Waals surface area (Å²) in [5.74, 6) is 0. The second-order valence-corrected chi connectivity index (χ2v) is 16.1. The molecule has 7 rings (SSSR count). The average Bonchev–Trinajstić information content (AvgIpc) is 3.05. The fourth-order valence-electron chi connectivity index (χ4n) is 4.73. The Hall–Kier alpha value is -3.11. The summed E-state index contributed by atoms with van der Waals surface area (Å²) in [4.78, 5) is 13.5. The molecule has 0 spiro atoms. The molecule has 0 aliphatic carbocycles. The molecule has 0 saturated heterocycles. The number of rotatable bonds is 4. The van der Waals surface area contributed by atoms with Crippen LogP contribution < -0.4 is 5.19 Å². The Labute approximate surface area is 307 Å². The van der Waals surface area contributed by atoms with Crippen LogP contribution in [0.25, 0.3) is 55.3 Å². The van der Waals surface area contributed by atoms with Crippen molar-refractivity contribution in [1.29, 1.82) is 0 Å². The summed E-state index contributed by atoms with van der Waals surface area (Å²) in [5.41, 5.74) is 6.58. The summed E-state index contributed by atoms with van der Waals surface area (Å²) in [6.45, 7) is 7.00. The third-order valence-corrected chi connectivity index (χ3v) is 9.11. The van der Waals surface area contributed by atoms with E-state index in [4.69, 9.17) is 0 Å². The Morgan fingerprint density at radius 3 is 2.13 bits per heavy atom. The van der Waals surface area contributed by atoms with Crippen LogP contribution in [-0.4, -0.2) is 31.4 Å². The van der Waals surface area contributed by atoms with E-state index in [2.05, 4.69) is 101 Å². The summed E-state index contributed by atoms with van der Waals surface area (Å²) in [6.07, 6.45) is 6.98. The molecule has 0 atom stereocenters. The van der Waals surface area contributed by atoms with E-state index in [1.807, 2.05) is 72.9 Å². The van der Waals surface area contributed by atoms with Gasteiger partial charge in [-0.1, -0.05) is 85.3 Å². The molecule has 219 valence electrons. The molecule has 5 radical (unpaired) electrons. The molecule has 3 heterocycles. The maximum Gasteiger partial charge on any atom is 0.0795 e. The number of fused-ring (bicyclic) bond motifs is 3. The molecule has 0 saturated carbocycles. The van der Waals surface area contributed by atoms with Crippen molar-refractivity contribution < 1.29 is 52.8 Å². The standard InChI is InChI=1S/C24H13N2.C14H16NSi.B.Ir.Y/c1-2-9-22-17(6-1)11-12-20-15-21(16-26-24(20)22)18-7-5-8-19(14-18)23-10-3-4-13-25-23;1-16(2,3)13-9-10-14(15-11-13)12-7-5-4-6-8-12;;;/h1-7,9-13,15H;4-7,9-11H,1-3H3;;;/q-3;-1;;;. The minimum absolute atomic E-state index is 0. The maximum absolute atomic E-state index is 4.62. The van der Waals surface area contributed by atoms with Crippen molar-refractivity contribution >= 4 is 43.3 Å². The van der Waals surface area contributed by atoms with E-state index < -0.39 is 8.07 Å². The van der Waals surface area contributed by atoms with Crippen LogP contribution in [0.5, 0.6) is 0 Å². The van der Waals surface area contributed by atoms with E-state index in [0.29, 0.717) is 0 Å². The van der Waals surface area contributed by atoms with Crippen LogP contribution in [0.3, 0.4) is 0 Å². The molecular formula is C38H29BIrN3SiY-4. The van der Waals surface area contributed by atoms with Gasteiger partial charge in [-0.25, -0.2) is 6.07 Å². The summed E-state index contributed by atoms with van der Waals surface area (Å²) in [6, 6.07) is 46.4. The van der Waals surface area contributed by atoms with Crippen molar-refractivity contribution in [2.75, 3.05) is 0 Å². The molecule has 7 heteroatoms. The molecule has 0 amide bonds. The zero-order valence-corrected chi connectivity index (χ0v) is 31.6. The smallest absolute Gasteiger partial charge is 0.0795 e. The molecule has 0 bridgehead atoms. The first-order chi connectivity index (χ1) is 20.5. The van der Waals surface area contributed by atoms with Crippen LogP contribution in [0.1, 0.15) is 0 Å². The van der Waals surface area contributed by atoms with Crippen LogP contribution in [0.2, 0.25) is 19.6 Å². The Morgan fingerprint density at radius 2 is 1.42 bits per heavy atom. The number of nitrogens with zero attached hydrogens (tertiary/aromatic N) is 3. The monoisotopic (exact) mass is 848 g/mol. The molecule has 0 aliphatic heterocycles. The van der Waals surface area contributed by atoms with Gasteiger partial charge in [-0.2, -0.15) is 5.56 Å². The molecule has 0 fully saturated rings. The van der Waals surface area contributed by atoms with E-state index >= 15 is 0 Å². The van der Waals surface area contributed by atoms with Crippen molar-refractivity contribution in [1.82, 2.24) is 15.0 Å². The van der Waals surface area contributed by atoms with Crippen LogP contribution in [0.4, 0.5) is 0 Å². The van der Waals surface area contributed by atoms with Gasteiger partial charge in [-0.3, -0.25) is 23.3 Å². The third kappa shape index (κ3) is 8.79. The minimum Gasteiger partial charge on any atom is -0.352 e. The molecule has 0 N–H and O–H groups in total. The zero-order chi connectivity index (χ0) is 28.9. The largest absolute Gasteiger partial charge is 0.352 e. The van der Waals surface area contributed by atoms with Crippen molar-refractivity contribution in [3.63, 3.8) is 0 Å². The predicted octanol–water partition coefficient (Wildman–Crippen LogP) is 8.23. The number of hydrogen-bond acceptors (Lipinski definition) is 3. The molecule has 0 aliphatic rings. The number of benzene rings is 4. The molecule has 0 unspecified atom stereocenters. The Morgan fingerprint density at radius 1 is 0.644 bits per heavy atom. The van der Waals surface area contributed by atoms with E-state index in [9.17, 15) is 0 Å². The van der Waals surface area contributed by atoms with E-state index in [1.54, 1.807) is 6.20 Å². The molecular weight excluding hydrogens is 818 g/mol. The van der Waals surface area contributed by atoms with Crippen LogP contribution in [-0.2, 0) is 52.8 Å². The molecule has 7 aromatic rings.